The van der Waals surface area contributed by atoms with Crippen LogP contribution in [0.2, 0.25) is 0 Å². The maximum Gasteiger partial charge on any atom is 0.156 e. The molecule has 0 bridgehead atoms. The molecule has 0 heterocycles. The van der Waals surface area contributed by atoms with Gasteiger partial charge in [0.15, 0.2) is 5.78 Å². The summed E-state index contributed by atoms with van der Waals surface area (Å²) in [5, 5.41) is 0. The summed E-state index contributed by atoms with van der Waals surface area (Å²) in [6, 6.07) is 0. The Hall–Kier alpha value is -0.990. The van der Waals surface area contributed by atoms with Crippen LogP contribution in [0.15, 0.2) is 0 Å². The van der Waals surface area contributed by atoms with E-state index in [1.54, 1.807) is 13.8 Å². The zero-order chi connectivity index (χ0) is 8.65. The number of hydrogen-bond acceptors (Lipinski definition) is 3. The predicted octanol–water partition coefficient (Wildman–Crippen LogP) is 0.370. The molecule has 3 heteroatoms. The monoisotopic (exact) mass is 154 g/mol. The summed E-state index contributed by atoms with van der Waals surface area (Å²) in [5.41, 5.74) is -0.925. The van der Waals surface area contributed by atoms with Crippen molar-refractivity contribution in [3.63, 3.8) is 0 Å². The van der Waals surface area contributed by atoms with Gasteiger partial charge >= 0.3 is 0 Å². The zero-order valence-corrected chi connectivity index (χ0v) is 6.59. The van der Waals surface area contributed by atoms with Gasteiger partial charge < -0.3 is 4.79 Å². The Morgan fingerprint density at radius 3 is 2.18 bits per heavy atom. The SMILES string of the molecule is CC1(C)C(=O)CC(C=O)C1=O. The highest BCUT2D eigenvalue weighted by Crippen LogP contribution is 2.33. The number of hydrogen-bond donors (Lipinski definition) is 0. The van der Waals surface area contributed by atoms with E-state index in [0.29, 0.717) is 6.29 Å². The molecule has 1 saturated carbocycles. The lowest BCUT2D eigenvalue weighted by atomic mass is 9.88. The number of Topliss-reactive ketones (excluding diaryl/α,β-unsaturated/α-hetero) is 2. The Kier molecular flexibility index (Phi) is 1.66. The highest BCUT2D eigenvalue weighted by atomic mass is 16.2. The lowest BCUT2D eigenvalue weighted by Gasteiger charge is -2.11. The maximum atomic E-state index is 11.2. The number of carbonyl (C=O) groups is 3. The van der Waals surface area contributed by atoms with Crippen LogP contribution in [0, 0.1) is 11.3 Å². The van der Waals surface area contributed by atoms with E-state index in [1.165, 1.54) is 0 Å². The van der Waals surface area contributed by atoms with Crippen molar-refractivity contribution >= 4 is 17.9 Å². The summed E-state index contributed by atoms with van der Waals surface area (Å²) >= 11 is 0. The second-order valence-corrected chi connectivity index (χ2v) is 3.36. The molecule has 0 aromatic rings. The van der Waals surface area contributed by atoms with Gasteiger partial charge in [0, 0.05) is 6.42 Å². The van der Waals surface area contributed by atoms with E-state index in [0.717, 1.165) is 0 Å². The van der Waals surface area contributed by atoms with Crippen molar-refractivity contribution in [2.45, 2.75) is 20.3 Å². The summed E-state index contributed by atoms with van der Waals surface area (Å²) in [7, 11) is 0. The molecule has 1 fully saturated rings. The van der Waals surface area contributed by atoms with E-state index in [4.69, 9.17) is 0 Å². The van der Waals surface area contributed by atoms with Crippen LogP contribution in [-0.4, -0.2) is 17.9 Å². The van der Waals surface area contributed by atoms with Crippen LogP contribution in [0.5, 0.6) is 0 Å². The van der Waals surface area contributed by atoms with Gasteiger partial charge in [0.25, 0.3) is 0 Å². The van der Waals surface area contributed by atoms with Crippen molar-refractivity contribution in [1.82, 2.24) is 0 Å². The van der Waals surface area contributed by atoms with Gasteiger partial charge in [-0.15, -0.1) is 0 Å². The fourth-order valence-electron chi connectivity index (χ4n) is 1.26. The molecule has 0 radical (unpaired) electrons. The first-order valence-electron chi connectivity index (χ1n) is 3.53. The maximum absolute atomic E-state index is 11.2. The van der Waals surface area contributed by atoms with Crippen LogP contribution < -0.4 is 0 Å². The highest BCUT2D eigenvalue weighted by molar-refractivity contribution is 6.18. The smallest absolute Gasteiger partial charge is 0.156 e. The van der Waals surface area contributed by atoms with Gasteiger partial charge in [-0.3, -0.25) is 9.59 Å². The van der Waals surface area contributed by atoms with E-state index in [1.807, 2.05) is 0 Å². The molecule has 1 rings (SSSR count). The Morgan fingerprint density at radius 2 is 2.00 bits per heavy atom. The topological polar surface area (TPSA) is 51.2 Å². The normalized spacial score (nSPS) is 29.1. The zero-order valence-electron chi connectivity index (χ0n) is 6.59. The minimum Gasteiger partial charge on any atom is -0.303 e. The van der Waals surface area contributed by atoms with Gasteiger partial charge in [0.2, 0.25) is 0 Å². The third-order valence-electron chi connectivity index (χ3n) is 2.22. The molecule has 1 atom stereocenters. The summed E-state index contributed by atoms with van der Waals surface area (Å²) in [5.74, 6) is -1.05. The van der Waals surface area contributed by atoms with E-state index < -0.39 is 11.3 Å². The van der Waals surface area contributed by atoms with Gasteiger partial charge in [-0.1, -0.05) is 0 Å². The Labute approximate surface area is 64.8 Å². The van der Waals surface area contributed by atoms with Crippen molar-refractivity contribution in [3.8, 4) is 0 Å². The van der Waals surface area contributed by atoms with Gasteiger partial charge in [0.1, 0.15) is 12.1 Å². The minimum absolute atomic E-state index is 0.0926. The van der Waals surface area contributed by atoms with E-state index >= 15 is 0 Å². The number of aldehydes is 1. The predicted molar refractivity (Wildman–Crippen MR) is 38.0 cm³/mol. The summed E-state index contributed by atoms with van der Waals surface area (Å²) < 4.78 is 0. The summed E-state index contributed by atoms with van der Waals surface area (Å²) in [6.07, 6.45) is 0.657. The molecular weight excluding hydrogens is 144 g/mol. The summed E-state index contributed by atoms with van der Waals surface area (Å²) in [6.45, 7) is 3.14. The minimum atomic E-state index is -0.925. The quantitative estimate of drug-likeness (QED) is 0.405. The van der Waals surface area contributed by atoms with Gasteiger partial charge in [-0.05, 0) is 13.8 Å². The first-order valence-corrected chi connectivity index (χ1v) is 3.53. The molecule has 1 aliphatic rings. The van der Waals surface area contributed by atoms with Crippen molar-refractivity contribution in [2.24, 2.45) is 11.3 Å². The van der Waals surface area contributed by atoms with Crippen LogP contribution >= 0.6 is 0 Å². The molecule has 0 spiro atoms. The fourth-order valence-corrected chi connectivity index (χ4v) is 1.26. The molecule has 0 aromatic carbocycles. The van der Waals surface area contributed by atoms with Crippen LogP contribution in [0.4, 0.5) is 0 Å². The second-order valence-electron chi connectivity index (χ2n) is 3.36. The van der Waals surface area contributed by atoms with Gasteiger partial charge in [-0.2, -0.15) is 0 Å². The first-order chi connectivity index (χ1) is 5.00. The Balaban J connectivity index is 2.97. The fraction of sp³-hybridized carbons (Fsp3) is 0.625. The number of carbonyl (C=O) groups excluding carboxylic acids is 3. The van der Waals surface area contributed by atoms with Gasteiger partial charge in [0.05, 0.1) is 11.3 Å². The average molecular weight is 154 g/mol. The molecule has 60 valence electrons. The molecular formula is C8H10O3. The third-order valence-corrected chi connectivity index (χ3v) is 2.22. The highest BCUT2D eigenvalue weighted by Gasteiger charge is 2.47. The molecule has 0 aliphatic heterocycles. The Bertz CT molecular complexity index is 227. The van der Waals surface area contributed by atoms with E-state index in [2.05, 4.69) is 0 Å². The van der Waals surface area contributed by atoms with Crippen LogP contribution in [0.25, 0.3) is 0 Å². The molecule has 0 N–H and O–H groups in total. The van der Waals surface area contributed by atoms with Crippen molar-refractivity contribution in [1.29, 1.82) is 0 Å². The Morgan fingerprint density at radius 1 is 1.45 bits per heavy atom. The molecule has 0 saturated heterocycles. The lowest BCUT2D eigenvalue weighted by Crippen LogP contribution is -2.26. The second kappa shape index (κ2) is 2.26. The molecule has 0 aromatic heterocycles. The molecule has 1 aliphatic carbocycles. The van der Waals surface area contributed by atoms with Crippen LogP contribution in [0.3, 0.4) is 0 Å². The number of rotatable bonds is 1. The number of ketones is 2. The lowest BCUT2D eigenvalue weighted by molar-refractivity contribution is -0.134. The van der Waals surface area contributed by atoms with Gasteiger partial charge in [-0.25, -0.2) is 0 Å². The van der Waals surface area contributed by atoms with Crippen LogP contribution in [0.1, 0.15) is 20.3 Å². The summed E-state index contributed by atoms with van der Waals surface area (Å²) in [4.78, 5) is 32.6. The molecule has 0 amide bonds. The first kappa shape index (κ1) is 8.11. The van der Waals surface area contributed by atoms with E-state index in [9.17, 15) is 14.4 Å². The molecule has 1 unspecified atom stereocenters. The third kappa shape index (κ3) is 1.00. The average Bonchev–Trinajstić information content (AvgIpc) is 2.14. The van der Waals surface area contributed by atoms with Crippen molar-refractivity contribution in [3.05, 3.63) is 0 Å². The molecule has 11 heavy (non-hydrogen) atoms. The molecule has 3 nitrogen and oxygen atoms in total. The largest absolute Gasteiger partial charge is 0.303 e. The van der Waals surface area contributed by atoms with Crippen LogP contribution in [-0.2, 0) is 14.4 Å². The van der Waals surface area contributed by atoms with E-state index in [-0.39, 0.29) is 18.0 Å². The van der Waals surface area contributed by atoms with Crippen molar-refractivity contribution < 1.29 is 14.4 Å². The standard InChI is InChI=1S/C8H10O3/c1-8(2)6(10)3-5(4-9)7(8)11/h4-5H,3H2,1-2H3. The van der Waals surface area contributed by atoms with Crippen molar-refractivity contribution in [2.75, 3.05) is 0 Å².